The van der Waals surface area contributed by atoms with Crippen molar-refractivity contribution in [3.63, 3.8) is 0 Å². The number of aliphatic hydroxyl groups excluding tert-OH is 1. The number of fused-ring (bicyclic) bond motifs is 1. The van der Waals surface area contributed by atoms with E-state index in [0.29, 0.717) is 0 Å². The number of hydrogen-bond acceptors (Lipinski definition) is 4. The molecule has 1 heterocycles. The monoisotopic (exact) mass is 229 g/mol. The number of amides is 1. The van der Waals surface area contributed by atoms with E-state index in [9.17, 15) is 13.2 Å². The van der Waals surface area contributed by atoms with Crippen molar-refractivity contribution in [2.45, 2.75) is 4.90 Å². The molecule has 15 heavy (non-hydrogen) atoms. The lowest BCUT2D eigenvalue weighted by Crippen LogP contribution is -2.24. The van der Waals surface area contributed by atoms with Crippen LogP contribution in [-0.4, -0.2) is 37.9 Å². The summed E-state index contributed by atoms with van der Waals surface area (Å²) in [5.41, 5.74) is 0.255. The quantitative estimate of drug-likeness (QED) is 0.683. The van der Waals surface area contributed by atoms with Gasteiger partial charge in [-0.3, -0.25) is 4.79 Å². The molecule has 0 atom stereocenters. The van der Waals surface area contributed by atoms with Crippen LogP contribution in [0.5, 0.6) is 0 Å². The normalized spacial score (nSPS) is 16.7. The number of hydrogen-bond donors (Lipinski definition) is 1. The van der Waals surface area contributed by atoms with Gasteiger partial charge in [0.2, 0.25) is 0 Å². The Morgan fingerprint density at radius 1 is 1.20 bits per heavy atom. The molecule has 5 nitrogen and oxygen atoms in total. The Bertz CT molecular complexity index is 481. The topological polar surface area (TPSA) is 74.7 Å². The van der Waals surface area contributed by atoms with Crippen LogP contribution in [0.2, 0.25) is 0 Å². The maximum Gasteiger partial charge on any atom is 0.268 e. The summed E-state index contributed by atoms with van der Waals surface area (Å²) < 4.78 is 23.8. The molecule has 1 N–H and O–H groups in total. The van der Waals surface area contributed by atoms with E-state index in [-0.39, 0.29) is 10.5 Å². The zero-order valence-corrected chi connectivity index (χ0v) is 9.15. The number of aliphatic hydroxyl groups is 1. The van der Waals surface area contributed by atoms with E-state index < -0.39 is 15.9 Å². The third-order valence-electron chi connectivity index (χ3n) is 2.04. The highest BCUT2D eigenvalue weighted by Crippen LogP contribution is 2.27. The van der Waals surface area contributed by atoms with Gasteiger partial charge in [-0.2, -0.15) is 0 Å². The highest BCUT2D eigenvalue weighted by atomic mass is 32.2. The predicted octanol–water partition coefficient (Wildman–Crippen LogP) is 0.0694. The second-order valence-electron chi connectivity index (χ2n) is 2.77. The summed E-state index contributed by atoms with van der Waals surface area (Å²) in [7, 11) is -1.29. The summed E-state index contributed by atoms with van der Waals surface area (Å²) in [4.78, 5) is 11.5. The number of benzene rings is 1. The maximum absolute atomic E-state index is 11.5. The maximum atomic E-state index is 11.5. The molecule has 0 saturated carbocycles. The molecule has 1 amide bonds. The summed E-state index contributed by atoms with van der Waals surface area (Å²) in [6.45, 7) is 0. The Hall–Kier alpha value is -1.40. The van der Waals surface area contributed by atoms with Gasteiger partial charge in [-0.25, -0.2) is 12.7 Å². The molecule has 1 aliphatic heterocycles. The van der Waals surface area contributed by atoms with Crippen molar-refractivity contribution in [1.82, 2.24) is 4.31 Å². The van der Waals surface area contributed by atoms with Crippen molar-refractivity contribution in [2.75, 3.05) is 14.2 Å². The van der Waals surface area contributed by atoms with Crippen LogP contribution in [0.25, 0.3) is 0 Å². The number of carbonyl (C=O) groups is 1. The molecule has 82 valence electrons. The van der Waals surface area contributed by atoms with Crippen LogP contribution in [0, 0.1) is 0 Å². The van der Waals surface area contributed by atoms with Crippen LogP contribution < -0.4 is 0 Å². The standard InChI is InChI=1S/C8H7NO3S.CH4O/c1-9-8(10)6-4-2-3-5-7(6)13(9,11)12;1-2/h2-5H,1H3;2H,1H3. The zero-order valence-electron chi connectivity index (χ0n) is 8.34. The van der Waals surface area contributed by atoms with Crippen LogP contribution in [-0.2, 0) is 10.0 Å². The summed E-state index contributed by atoms with van der Waals surface area (Å²) in [5.74, 6) is -0.462. The van der Waals surface area contributed by atoms with E-state index in [4.69, 9.17) is 5.11 Å². The van der Waals surface area contributed by atoms with Gasteiger partial charge in [0.25, 0.3) is 15.9 Å². The van der Waals surface area contributed by atoms with E-state index in [0.717, 1.165) is 11.4 Å². The second-order valence-corrected chi connectivity index (χ2v) is 4.71. The summed E-state index contributed by atoms with van der Waals surface area (Å²) >= 11 is 0. The van der Waals surface area contributed by atoms with Gasteiger partial charge in [-0.15, -0.1) is 0 Å². The van der Waals surface area contributed by atoms with Gasteiger partial charge in [0.15, 0.2) is 0 Å². The van der Waals surface area contributed by atoms with E-state index in [2.05, 4.69) is 0 Å². The van der Waals surface area contributed by atoms with E-state index in [1.54, 1.807) is 12.1 Å². The molecule has 0 fully saturated rings. The molecule has 1 aliphatic rings. The van der Waals surface area contributed by atoms with Gasteiger partial charge in [-0.1, -0.05) is 12.1 Å². The first-order valence-corrected chi connectivity index (χ1v) is 5.56. The van der Waals surface area contributed by atoms with Crippen molar-refractivity contribution in [3.05, 3.63) is 29.8 Å². The summed E-state index contributed by atoms with van der Waals surface area (Å²) in [6, 6.07) is 6.19. The highest BCUT2D eigenvalue weighted by molar-refractivity contribution is 7.90. The Kier molecular flexibility index (Phi) is 3.11. The minimum absolute atomic E-state index is 0.0995. The largest absolute Gasteiger partial charge is 0.400 e. The molecule has 0 spiro atoms. The lowest BCUT2D eigenvalue weighted by molar-refractivity contribution is 0.0891. The minimum Gasteiger partial charge on any atom is -0.400 e. The Morgan fingerprint density at radius 3 is 2.27 bits per heavy atom. The molecule has 1 aromatic rings. The number of nitrogens with zero attached hydrogens (tertiary/aromatic N) is 1. The molecule has 6 heteroatoms. The van der Waals surface area contributed by atoms with Crippen molar-refractivity contribution < 1.29 is 18.3 Å². The van der Waals surface area contributed by atoms with Crippen LogP contribution >= 0.6 is 0 Å². The van der Waals surface area contributed by atoms with Gasteiger partial charge in [0.05, 0.1) is 5.56 Å². The molecular formula is C9H11NO4S. The third-order valence-corrected chi connectivity index (χ3v) is 3.84. The van der Waals surface area contributed by atoms with E-state index >= 15 is 0 Å². The molecular weight excluding hydrogens is 218 g/mol. The number of carbonyl (C=O) groups excluding carboxylic acids is 1. The average molecular weight is 229 g/mol. The molecule has 0 aromatic heterocycles. The fourth-order valence-corrected chi connectivity index (χ4v) is 2.59. The number of sulfonamides is 1. The van der Waals surface area contributed by atoms with Gasteiger partial charge in [0.1, 0.15) is 4.90 Å². The van der Waals surface area contributed by atoms with Crippen LogP contribution in [0.1, 0.15) is 10.4 Å². The lowest BCUT2D eigenvalue weighted by Gasteiger charge is -2.05. The number of rotatable bonds is 0. The van der Waals surface area contributed by atoms with Crippen molar-refractivity contribution in [3.8, 4) is 0 Å². The first-order chi connectivity index (χ1) is 7.05. The highest BCUT2D eigenvalue weighted by Gasteiger charge is 2.37. The van der Waals surface area contributed by atoms with Gasteiger partial charge in [-0.05, 0) is 12.1 Å². The van der Waals surface area contributed by atoms with Crippen molar-refractivity contribution in [1.29, 1.82) is 0 Å². The Labute approximate surface area is 88.0 Å². The van der Waals surface area contributed by atoms with E-state index in [1.807, 2.05) is 0 Å². The van der Waals surface area contributed by atoms with Crippen LogP contribution in [0.3, 0.4) is 0 Å². The molecule has 1 aromatic carbocycles. The molecule has 0 aliphatic carbocycles. The lowest BCUT2D eigenvalue weighted by atomic mass is 10.2. The third kappa shape index (κ3) is 1.62. The fraction of sp³-hybridized carbons (Fsp3) is 0.222. The summed E-state index contributed by atoms with van der Waals surface area (Å²) in [5, 5.41) is 7.00. The summed E-state index contributed by atoms with van der Waals surface area (Å²) in [6.07, 6.45) is 0. The predicted molar refractivity (Wildman–Crippen MR) is 53.9 cm³/mol. The van der Waals surface area contributed by atoms with Crippen molar-refractivity contribution >= 4 is 15.9 Å². The SMILES string of the molecule is CN1C(=O)c2ccccc2S1(=O)=O.CO. The first kappa shape index (κ1) is 11.7. The van der Waals surface area contributed by atoms with Crippen molar-refractivity contribution in [2.24, 2.45) is 0 Å². The van der Waals surface area contributed by atoms with E-state index in [1.165, 1.54) is 19.2 Å². The molecule has 0 unspecified atom stereocenters. The Balaban J connectivity index is 0.000000531. The van der Waals surface area contributed by atoms with Crippen LogP contribution in [0.15, 0.2) is 29.2 Å². The molecule has 0 saturated heterocycles. The van der Waals surface area contributed by atoms with Gasteiger partial charge in [0, 0.05) is 14.2 Å². The minimum atomic E-state index is -3.55. The average Bonchev–Trinajstić information content (AvgIpc) is 2.45. The van der Waals surface area contributed by atoms with Crippen LogP contribution in [0.4, 0.5) is 0 Å². The van der Waals surface area contributed by atoms with Gasteiger partial charge < -0.3 is 5.11 Å². The fourth-order valence-electron chi connectivity index (χ4n) is 1.29. The molecule has 0 bridgehead atoms. The Morgan fingerprint density at radius 2 is 1.73 bits per heavy atom. The smallest absolute Gasteiger partial charge is 0.268 e. The zero-order chi connectivity index (χ0) is 11.6. The first-order valence-electron chi connectivity index (χ1n) is 4.12. The molecule has 2 rings (SSSR count). The second kappa shape index (κ2) is 4.00. The molecule has 0 radical (unpaired) electrons. The van der Waals surface area contributed by atoms with Gasteiger partial charge >= 0.3 is 0 Å².